The van der Waals surface area contributed by atoms with Crippen molar-refractivity contribution < 1.29 is 17.9 Å². The molecule has 0 radical (unpaired) electrons. The van der Waals surface area contributed by atoms with E-state index in [0.717, 1.165) is 0 Å². The van der Waals surface area contributed by atoms with Gasteiger partial charge in [0, 0.05) is 25.7 Å². The molecule has 0 saturated carbocycles. The summed E-state index contributed by atoms with van der Waals surface area (Å²) in [6.45, 7) is 0. The molecule has 8 heteroatoms. The molecule has 0 aliphatic heterocycles. The molecule has 128 valence electrons. The zero-order valence-corrected chi connectivity index (χ0v) is 15.0. The van der Waals surface area contributed by atoms with Crippen LogP contribution in [0.3, 0.4) is 0 Å². The fourth-order valence-electron chi connectivity index (χ4n) is 1.96. The maximum absolute atomic E-state index is 12.5. The highest BCUT2D eigenvalue weighted by molar-refractivity contribution is 7.92. The van der Waals surface area contributed by atoms with Gasteiger partial charge in [-0.15, -0.1) is 0 Å². The maximum atomic E-state index is 12.5. The number of hydrogen-bond acceptors (Lipinski definition) is 4. The van der Waals surface area contributed by atoms with Crippen molar-refractivity contribution >= 4 is 33.2 Å². The van der Waals surface area contributed by atoms with Crippen LogP contribution in [-0.2, 0) is 10.0 Å². The predicted molar refractivity (Wildman–Crippen MR) is 93.3 cm³/mol. The third-order valence-electron chi connectivity index (χ3n) is 3.22. The highest BCUT2D eigenvalue weighted by atomic mass is 35.5. The molecule has 0 aliphatic rings. The summed E-state index contributed by atoms with van der Waals surface area (Å²) in [5.74, 6) is 0.232. The Balaban J connectivity index is 2.34. The van der Waals surface area contributed by atoms with Gasteiger partial charge >= 0.3 is 0 Å². The molecule has 0 aromatic heterocycles. The summed E-state index contributed by atoms with van der Waals surface area (Å²) in [7, 11) is 0.798. The predicted octanol–water partition coefficient (Wildman–Crippen LogP) is 2.85. The van der Waals surface area contributed by atoms with Crippen LogP contribution in [-0.4, -0.2) is 40.4 Å². The van der Waals surface area contributed by atoms with Crippen LogP contribution in [0.5, 0.6) is 5.75 Å². The summed E-state index contributed by atoms with van der Waals surface area (Å²) in [6, 6.07) is 10.4. The quantitative estimate of drug-likeness (QED) is 0.880. The zero-order chi connectivity index (χ0) is 17.9. The molecule has 6 nitrogen and oxygen atoms in total. The molecule has 1 N–H and O–H groups in total. The normalized spacial score (nSPS) is 11.0. The molecule has 2 aromatic carbocycles. The van der Waals surface area contributed by atoms with Gasteiger partial charge in [-0.1, -0.05) is 17.7 Å². The fourth-order valence-corrected chi connectivity index (χ4v) is 3.36. The van der Waals surface area contributed by atoms with Crippen LogP contribution in [0, 0.1) is 0 Å². The second-order valence-corrected chi connectivity index (χ2v) is 7.27. The van der Waals surface area contributed by atoms with E-state index in [1.165, 1.54) is 42.3 Å². The summed E-state index contributed by atoms with van der Waals surface area (Å²) in [6.07, 6.45) is 0. The van der Waals surface area contributed by atoms with Gasteiger partial charge in [0.05, 0.1) is 22.7 Å². The van der Waals surface area contributed by atoms with Gasteiger partial charge in [0.1, 0.15) is 5.75 Å². The first kappa shape index (κ1) is 18.1. The van der Waals surface area contributed by atoms with Crippen molar-refractivity contribution in [3.05, 3.63) is 53.1 Å². The molecule has 2 rings (SSSR count). The lowest BCUT2D eigenvalue weighted by molar-refractivity contribution is 0.0827. The number of halogens is 1. The number of nitrogens with one attached hydrogen (secondary N) is 1. The van der Waals surface area contributed by atoms with Crippen molar-refractivity contribution in [2.75, 3.05) is 25.9 Å². The lowest BCUT2D eigenvalue weighted by Gasteiger charge is -2.13. The van der Waals surface area contributed by atoms with Gasteiger partial charge in [-0.25, -0.2) is 8.42 Å². The molecule has 0 unspecified atom stereocenters. The number of amides is 1. The maximum Gasteiger partial charge on any atom is 0.261 e. The third-order valence-corrected chi connectivity index (χ3v) is 4.89. The van der Waals surface area contributed by atoms with Crippen molar-refractivity contribution in [3.63, 3.8) is 0 Å². The molecule has 0 atom stereocenters. The Kier molecular flexibility index (Phi) is 5.36. The van der Waals surface area contributed by atoms with E-state index < -0.39 is 10.0 Å². The second kappa shape index (κ2) is 7.11. The lowest BCUT2D eigenvalue weighted by atomic mass is 10.2. The van der Waals surface area contributed by atoms with E-state index in [4.69, 9.17) is 16.3 Å². The minimum Gasteiger partial charge on any atom is -0.497 e. The summed E-state index contributed by atoms with van der Waals surface area (Å²) < 4.78 is 32.5. The Morgan fingerprint density at radius 1 is 1.17 bits per heavy atom. The number of methoxy groups -OCH3 is 1. The molecule has 24 heavy (non-hydrogen) atoms. The summed E-state index contributed by atoms with van der Waals surface area (Å²) >= 11 is 6.06. The number of sulfonamides is 1. The first-order valence-corrected chi connectivity index (χ1v) is 8.79. The van der Waals surface area contributed by atoms with Crippen molar-refractivity contribution in [2.45, 2.75) is 4.90 Å². The van der Waals surface area contributed by atoms with Crippen LogP contribution in [0.2, 0.25) is 5.02 Å². The third kappa shape index (κ3) is 3.98. The topological polar surface area (TPSA) is 75.7 Å². The molecule has 0 saturated heterocycles. The molecule has 0 heterocycles. The number of hydrogen-bond donors (Lipinski definition) is 1. The van der Waals surface area contributed by atoms with E-state index in [1.807, 2.05) is 0 Å². The lowest BCUT2D eigenvalue weighted by Crippen LogP contribution is -2.22. The summed E-state index contributed by atoms with van der Waals surface area (Å²) in [5, 5.41) is 0.207. The van der Waals surface area contributed by atoms with E-state index >= 15 is 0 Å². The SMILES string of the molecule is COc1ccc(NS(=O)(=O)c2cccc(C(=O)N(C)C)c2)c(Cl)c1. The van der Waals surface area contributed by atoms with Gasteiger partial charge in [-0.3, -0.25) is 9.52 Å². The van der Waals surface area contributed by atoms with Gasteiger partial charge in [-0.2, -0.15) is 0 Å². The molecular formula is C16H17ClN2O4S. The highest BCUT2D eigenvalue weighted by Gasteiger charge is 2.18. The molecule has 0 aliphatic carbocycles. The van der Waals surface area contributed by atoms with Crippen LogP contribution in [0.25, 0.3) is 0 Å². The number of benzene rings is 2. The first-order chi connectivity index (χ1) is 11.2. The molecule has 0 spiro atoms. The number of carbonyl (C=O) groups is 1. The summed E-state index contributed by atoms with van der Waals surface area (Å²) in [4.78, 5) is 13.3. The Bertz CT molecular complexity index is 866. The standard InChI is InChI=1S/C16H17ClN2O4S/c1-19(2)16(20)11-5-4-6-13(9-11)24(21,22)18-15-8-7-12(23-3)10-14(15)17/h4-10,18H,1-3H3. The number of ether oxygens (including phenoxy) is 1. The Morgan fingerprint density at radius 2 is 1.88 bits per heavy atom. The van der Waals surface area contributed by atoms with E-state index in [2.05, 4.69) is 4.72 Å². The first-order valence-electron chi connectivity index (χ1n) is 6.92. The monoisotopic (exact) mass is 368 g/mol. The fraction of sp³-hybridized carbons (Fsp3) is 0.188. The van der Waals surface area contributed by atoms with Crippen LogP contribution in [0.15, 0.2) is 47.4 Å². The van der Waals surface area contributed by atoms with Crippen molar-refractivity contribution in [2.24, 2.45) is 0 Å². The largest absolute Gasteiger partial charge is 0.497 e. The van der Waals surface area contributed by atoms with Gasteiger partial charge in [0.25, 0.3) is 15.9 Å². The Labute approximate surface area is 146 Å². The number of anilines is 1. The van der Waals surface area contributed by atoms with E-state index in [-0.39, 0.29) is 27.1 Å². The van der Waals surface area contributed by atoms with Crippen molar-refractivity contribution in [1.29, 1.82) is 0 Å². The van der Waals surface area contributed by atoms with E-state index in [1.54, 1.807) is 26.2 Å². The smallest absolute Gasteiger partial charge is 0.261 e. The molecular weight excluding hydrogens is 352 g/mol. The Morgan fingerprint density at radius 3 is 2.46 bits per heavy atom. The van der Waals surface area contributed by atoms with Crippen LogP contribution in [0.1, 0.15) is 10.4 Å². The number of carbonyl (C=O) groups excluding carboxylic acids is 1. The van der Waals surface area contributed by atoms with Crippen LogP contribution >= 0.6 is 11.6 Å². The minimum absolute atomic E-state index is 0.0258. The van der Waals surface area contributed by atoms with Crippen LogP contribution < -0.4 is 9.46 Å². The van der Waals surface area contributed by atoms with Crippen molar-refractivity contribution in [1.82, 2.24) is 4.90 Å². The van der Waals surface area contributed by atoms with Gasteiger partial charge in [0.2, 0.25) is 0 Å². The zero-order valence-electron chi connectivity index (χ0n) is 13.4. The highest BCUT2D eigenvalue weighted by Crippen LogP contribution is 2.28. The average Bonchev–Trinajstić information content (AvgIpc) is 2.55. The number of rotatable bonds is 5. The van der Waals surface area contributed by atoms with Gasteiger partial charge in [-0.05, 0) is 30.3 Å². The second-order valence-electron chi connectivity index (χ2n) is 5.18. The minimum atomic E-state index is -3.88. The average molecular weight is 369 g/mol. The van der Waals surface area contributed by atoms with E-state index in [9.17, 15) is 13.2 Å². The molecule has 0 bridgehead atoms. The Hall–Kier alpha value is -2.25. The van der Waals surface area contributed by atoms with E-state index in [0.29, 0.717) is 5.75 Å². The molecule has 2 aromatic rings. The van der Waals surface area contributed by atoms with Gasteiger partial charge < -0.3 is 9.64 Å². The number of nitrogens with zero attached hydrogens (tertiary/aromatic N) is 1. The van der Waals surface area contributed by atoms with Crippen molar-refractivity contribution in [3.8, 4) is 5.75 Å². The molecule has 0 fully saturated rings. The van der Waals surface area contributed by atoms with Gasteiger partial charge in [0.15, 0.2) is 0 Å². The summed E-state index contributed by atoms with van der Waals surface area (Å²) in [5.41, 5.74) is 0.505. The molecule has 1 amide bonds. The van der Waals surface area contributed by atoms with Crippen LogP contribution in [0.4, 0.5) is 5.69 Å².